The Morgan fingerprint density at radius 3 is 1.64 bits per heavy atom. The molecule has 0 N–H and O–H groups in total. The molecule has 0 aliphatic carbocycles. The average Bonchev–Trinajstić information content (AvgIpc) is 2.68. The van der Waals surface area contributed by atoms with Crippen LogP contribution in [0, 0.1) is 0 Å². The fraction of sp³-hybridized carbons (Fsp3) is 0.263. The molecular formula is C19H20O6. The third-order valence-electron chi connectivity index (χ3n) is 3.27. The SMILES string of the molecule is CCCCC(OOC(=O)c1ccccc1)OOC(=O)c1ccccc1. The van der Waals surface area contributed by atoms with Crippen LogP contribution in [-0.2, 0) is 19.6 Å². The Kier molecular flexibility index (Phi) is 7.62. The standard InChI is InChI=1S/C19H20O6/c1-2-3-14-17(22-24-18(20)15-10-6-4-7-11-15)23-25-19(21)16-12-8-5-9-13-16/h4-13,17H,2-3,14H2,1H3. The van der Waals surface area contributed by atoms with Gasteiger partial charge in [-0.05, 0) is 30.7 Å². The molecule has 0 fully saturated rings. The third-order valence-corrected chi connectivity index (χ3v) is 3.27. The summed E-state index contributed by atoms with van der Waals surface area (Å²) in [7, 11) is 0. The lowest BCUT2D eigenvalue weighted by molar-refractivity contribution is -0.421. The van der Waals surface area contributed by atoms with E-state index in [9.17, 15) is 9.59 Å². The van der Waals surface area contributed by atoms with Crippen LogP contribution in [0.4, 0.5) is 0 Å². The molecule has 2 aromatic rings. The van der Waals surface area contributed by atoms with Crippen LogP contribution in [0.15, 0.2) is 60.7 Å². The molecule has 0 aromatic heterocycles. The Bertz CT molecular complexity index is 601. The zero-order valence-electron chi connectivity index (χ0n) is 13.9. The van der Waals surface area contributed by atoms with Gasteiger partial charge < -0.3 is 0 Å². The van der Waals surface area contributed by atoms with E-state index < -0.39 is 18.2 Å². The number of hydrogen-bond donors (Lipinski definition) is 0. The molecule has 0 saturated carbocycles. The second-order valence-corrected chi connectivity index (χ2v) is 5.24. The fourth-order valence-corrected chi connectivity index (χ4v) is 1.92. The molecule has 0 aliphatic heterocycles. The molecule has 2 aromatic carbocycles. The topological polar surface area (TPSA) is 71.1 Å². The number of benzene rings is 2. The van der Waals surface area contributed by atoms with Crippen LogP contribution in [0.2, 0.25) is 0 Å². The molecule has 0 bridgehead atoms. The van der Waals surface area contributed by atoms with Crippen LogP contribution < -0.4 is 0 Å². The van der Waals surface area contributed by atoms with Gasteiger partial charge in [-0.3, -0.25) is 9.78 Å². The van der Waals surface area contributed by atoms with Gasteiger partial charge in [0.25, 0.3) is 0 Å². The summed E-state index contributed by atoms with van der Waals surface area (Å²) in [4.78, 5) is 43.3. The molecule has 0 saturated heterocycles. The molecule has 25 heavy (non-hydrogen) atoms. The second kappa shape index (κ2) is 10.2. The predicted molar refractivity (Wildman–Crippen MR) is 89.2 cm³/mol. The predicted octanol–water partition coefficient (Wildman–Crippen LogP) is 4.08. The van der Waals surface area contributed by atoms with E-state index in [1.807, 2.05) is 6.92 Å². The van der Waals surface area contributed by atoms with Gasteiger partial charge in [0, 0.05) is 6.42 Å². The molecular weight excluding hydrogens is 324 g/mol. The molecule has 0 aliphatic rings. The van der Waals surface area contributed by atoms with Crippen molar-refractivity contribution in [2.45, 2.75) is 32.5 Å². The van der Waals surface area contributed by atoms with E-state index in [2.05, 4.69) is 0 Å². The van der Waals surface area contributed by atoms with E-state index in [-0.39, 0.29) is 0 Å². The van der Waals surface area contributed by atoms with Crippen molar-refractivity contribution in [2.75, 3.05) is 0 Å². The molecule has 0 unspecified atom stereocenters. The van der Waals surface area contributed by atoms with Crippen LogP contribution in [0.5, 0.6) is 0 Å². The zero-order chi connectivity index (χ0) is 17.9. The first-order valence-electron chi connectivity index (χ1n) is 8.06. The van der Waals surface area contributed by atoms with E-state index in [1.165, 1.54) is 0 Å². The third kappa shape index (κ3) is 6.37. The van der Waals surface area contributed by atoms with Gasteiger partial charge in [0.05, 0.1) is 11.1 Å². The average molecular weight is 344 g/mol. The Hall–Kier alpha value is -2.70. The van der Waals surface area contributed by atoms with Crippen LogP contribution >= 0.6 is 0 Å². The van der Waals surface area contributed by atoms with Crippen LogP contribution in [0.1, 0.15) is 46.9 Å². The minimum atomic E-state index is -1.000. The van der Waals surface area contributed by atoms with Crippen LogP contribution in [0.25, 0.3) is 0 Å². The lowest BCUT2D eigenvalue weighted by Gasteiger charge is -2.14. The van der Waals surface area contributed by atoms with Gasteiger partial charge in [-0.25, -0.2) is 9.59 Å². The highest BCUT2D eigenvalue weighted by Crippen LogP contribution is 2.11. The second-order valence-electron chi connectivity index (χ2n) is 5.24. The number of carbonyl (C=O) groups excluding carboxylic acids is 2. The van der Waals surface area contributed by atoms with Crippen molar-refractivity contribution < 1.29 is 29.1 Å². The van der Waals surface area contributed by atoms with Gasteiger partial charge in [0.2, 0.25) is 6.29 Å². The summed E-state index contributed by atoms with van der Waals surface area (Å²) < 4.78 is 0. The van der Waals surface area contributed by atoms with Crippen LogP contribution in [0.3, 0.4) is 0 Å². The normalized spacial score (nSPS) is 10.5. The van der Waals surface area contributed by atoms with Crippen molar-refractivity contribution in [1.29, 1.82) is 0 Å². The van der Waals surface area contributed by atoms with Crippen molar-refractivity contribution in [2.24, 2.45) is 0 Å². The molecule has 0 amide bonds. The molecule has 0 radical (unpaired) electrons. The van der Waals surface area contributed by atoms with E-state index >= 15 is 0 Å². The van der Waals surface area contributed by atoms with Gasteiger partial charge >= 0.3 is 11.9 Å². The first-order chi connectivity index (χ1) is 12.2. The molecule has 6 heteroatoms. The minimum absolute atomic E-state index is 0.345. The molecule has 6 nitrogen and oxygen atoms in total. The quantitative estimate of drug-likeness (QED) is 0.388. The lowest BCUT2D eigenvalue weighted by atomic mass is 10.2. The van der Waals surface area contributed by atoms with Crippen molar-refractivity contribution in [3.05, 3.63) is 71.8 Å². The van der Waals surface area contributed by atoms with Gasteiger partial charge in [0.1, 0.15) is 0 Å². The van der Waals surface area contributed by atoms with Crippen molar-refractivity contribution in [1.82, 2.24) is 0 Å². The van der Waals surface area contributed by atoms with Crippen LogP contribution in [-0.4, -0.2) is 18.2 Å². The Labute approximate surface area is 146 Å². The lowest BCUT2D eigenvalue weighted by Crippen LogP contribution is -2.22. The largest absolute Gasteiger partial charge is 0.373 e. The summed E-state index contributed by atoms with van der Waals surface area (Å²) in [5.74, 6) is -1.31. The number of unbranched alkanes of at least 4 members (excludes halogenated alkanes) is 1. The van der Waals surface area contributed by atoms with Crippen molar-refractivity contribution in [3.63, 3.8) is 0 Å². The molecule has 0 spiro atoms. The zero-order valence-corrected chi connectivity index (χ0v) is 13.9. The van der Waals surface area contributed by atoms with Crippen molar-refractivity contribution in [3.8, 4) is 0 Å². The maximum atomic E-state index is 11.9. The van der Waals surface area contributed by atoms with Gasteiger partial charge in [0.15, 0.2) is 0 Å². The van der Waals surface area contributed by atoms with Gasteiger partial charge in [-0.15, -0.1) is 9.78 Å². The molecule has 2 rings (SSSR count). The van der Waals surface area contributed by atoms with Crippen molar-refractivity contribution >= 4 is 11.9 Å². The summed E-state index contributed by atoms with van der Waals surface area (Å²) in [5.41, 5.74) is 0.691. The monoisotopic (exact) mass is 344 g/mol. The van der Waals surface area contributed by atoms with Gasteiger partial charge in [-0.2, -0.15) is 0 Å². The van der Waals surface area contributed by atoms with Gasteiger partial charge in [-0.1, -0.05) is 49.7 Å². The maximum Gasteiger partial charge on any atom is 0.373 e. The van der Waals surface area contributed by atoms with E-state index in [4.69, 9.17) is 19.6 Å². The minimum Gasteiger partial charge on any atom is -0.290 e. The fourth-order valence-electron chi connectivity index (χ4n) is 1.92. The molecule has 0 atom stereocenters. The highest BCUT2D eigenvalue weighted by atomic mass is 17.3. The molecule has 132 valence electrons. The number of carbonyl (C=O) groups is 2. The highest BCUT2D eigenvalue weighted by molar-refractivity contribution is 5.89. The summed E-state index contributed by atoms with van der Waals surface area (Å²) in [6, 6.07) is 16.8. The smallest absolute Gasteiger partial charge is 0.290 e. The summed E-state index contributed by atoms with van der Waals surface area (Å²) >= 11 is 0. The Morgan fingerprint density at radius 1 is 0.800 bits per heavy atom. The summed E-state index contributed by atoms with van der Waals surface area (Å²) in [6.45, 7) is 1.99. The van der Waals surface area contributed by atoms with E-state index in [0.717, 1.165) is 12.8 Å². The first-order valence-corrected chi connectivity index (χ1v) is 8.06. The molecule has 0 heterocycles. The highest BCUT2D eigenvalue weighted by Gasteiger charge is 2.19. The number of rotatable bonds is 9. The first kappa shape index (κ1) is 18.6. The number of hydrogen-bond acceptors (Lipinski definition) is 6. The van der Waals surface area contributed by atoms with E-state index in [1.54, 1.807) is 60.7 Å². The summed E-state index contributed by atoms with van der Waals surface area (Å²) in [6.07, 6.45) is 1.03. The Balaban J connectivity index is 1.85. The Morgan fingerprint density at radius 2 is 1.24 bits per heavy atom. The summed E-state index contributed by atoms with van der Waals surface area (Å²) in [5, 5.41) is 0. The van der Waals surface area contributed by atoms with E-state index in [0.29, 0.717) is 17.5 Å². The maximum absolute atomic E-state index is 11.9.